The van der Waals surface area contributed by atoms with Crippen molar-refractivity contribution in [3.63, 3.8) is 0 Å². The minimum absolute atomic E-state index is 0.0257. The first-order chi connectivity index (χ1) is 13.1. The Morgan fingerprint density at radius 3 is 1.86 bits per heavy atom. The van der Waals surface area contributed by atoms with Gasteiger partial charge in [0.1, 0.15) is 12.2 Å². The molecule has 1 aliphatic rings. The highest BCUT2D eigenvalue weighted by molar-refractivity contribution is 6.74. The minimum Gasteiger partial charge on any atom is -0.414 e. The van der Waals surface area contributed by atoms with Gasteiger partial charge in [-0.3, -0.25) is 0 Å². The molecule has 2 rings (SSSR count). The quantitative estimate of drug-likeness (QED) is 0.338. The molecule has 164 valence electrons. The van der Waals surface area contributed by atoms with Crippen LogP contribution < -0.4 is 0 Å². The summed E-state index contributed by atoms with van der Waals surface area (Å²) in [6.07, 6.45) is 2.18. The van der Waals surface area contributed by atoms with E-state index >= 15 is 0 Å². The Kier molecular flexibility index (Phi) is 7.44. The van der Waals surface area contributed by atoms with E-state index in [1.54, 1.807) is 0 Å². The number of ether oxygens (including phenoxy) is 1. The lowest BCUT2D eigenvalue weighted by Gasteiger charge is -2.38. The average molecular weight is 435 g/mol. The van der Waals surface area contributed by atoms with Crippen LogP contribution in [0.5, 0.6) is 0 Å². The Hall–Kier alpha value is -0.726. The van der Waals surface area contributed by atoms with Crippen LogP contribution in [0.2, 0.25) is 36.3 Å². The summed E-state index contributed by atoms with van der Waals surface area (Å²) in [6, 6.07) is 10.4. The highest BCUT2D eigenvalue weighted by atomic mass is 28.4. The van der Waals surface area contributed by atoms with Gasteiger partial charge in [0, 0.05) is 0 Å². The van der Waals surface area contributed by atoms with Crippen molar-refractivity contribution in [2.45, 2.75) is 90.0 Å². The van der Waals surface area contributed by atoms with Crippen molar-refractivity contribution in [1.82, 2.24) is 0 Å². The molecule has 2 atom stereocenters. The Balaban J connectivity index is 2.16. The largest absolute Gasteiger partial charge is 0.414 e. The van der Waals surface area contributed by atoms with Crippen LogP contribution >= 0.6 is 0 Å². The molecule has 0 N–H and O–H groups in total. The molecule has 3 nitrogen and oxygen atoms in total. The molecule has 1 heterocycles. The molecule has 0 aromatic heterocycles. The van der Waals surface area contributed by atoms with E-state index in [0.717, 1.165) is 0 Å². The van der Waals surface area contributed by atoms with E-state index in [2.05, 4.69) is 98.1 Å². The lowest BCUT2D eigenvalue weighted by Crippen LogP contribution is -2.44. The molecule has 0 aliphatic carbocycles. The summed E-state index contributed by atoms with van der Waals surface area (Å²) < 4.78 is 19.5. The van der Waals surface area contributed by atoms with Crippen LogP contribution in [0.4, 0.5) is 0 Å². The molecule has 0 fully saturated rings. The van der Waals surface area contributed by atoms with Gasteiger partial charge in [0.05, 0.1) is 13.2 Å². The van der Waals surface area contributed by atoms with Crippen molar-refractivity contribution in [3.05, 3.63) is 47.5 Å². The molecule has 29 heavy (non-hydrogen) atoms. The Morgan fingerprint density at radius 2 is 1.34 bits per heavy atom. The van der Waals surface area contributed by atoms with Crippen LogP contribution in [-0.4, -0.2) is 36.0 Å². The molecule has 0 saturated heterocycles. The Bertz CT molecular complexity index is 697. The summed E-state index contributed by atoms with van der Waals surface area (Å²) in [6.45, 7) is 24.1. The third-order valence-corrected chi connectivity index (χ3v) is 16.0. The molecule has 1 aliphatic heterocycles. The van der Waals surface area contributed by atoms with Crippen molar-refractivity contribution < 1.29 is 13.6 Å². The zero-order valence-electron chi connectivity index (χ0n) is 20.3. The molecule has 0 radical (unpaired) electrons. The van der Waals surface area contributed by atoms with Crippen molar-refractivity contribution >= 4 is 16.6 Å². The molecular weight excluding hydrogens is 392 g/mol. The van der Waals surface area contributed by atoms with Gasteiger partial charge in [0.15, 0.2) is 16.6 Å². The average Bonchev–Trinajstić information content (AvgIpc) is 3.00. The topological polar surface area (TPSA) is 27.7 Å². The van der Waals surface area contributed by atoms with Gasteiger partial charge in [-0.15, -0.1) is 0 Å². The maximum atomic E-state index is 6.54. The van der Waals surface area contributed by atoms with Gasteiger partial charge >= 0.3 is 0 Å². The van der Waals surface area contributed by atoms with Crippen LogP contribution in [-0.2, 0) is 13.6 Å². The van der Waals surface area contributed by atoms with Gasteiger partial charge in [-0.2, -0.15) is 0 Å². The van der Waals surface area contributed by atoms with E-state index in [1.807, 2.05) is 6.07 Å². The second kappa shape index (κ2) is 8.79. The maximum absolute atomic E-state index is 6.54. The first kappa shape index (κ1) is 24.5. The Labute approximate surface area is 181 Å². The smallest absolute Gasteiger partial charge is 0.192 e. The molecule has 5 heteroatoms. The zero-order chi connectivity index (χ0) is 22.1. The maximum Gasteiger partial charge on any atom is 0.192 e. The normalized spacial score (nSPS) is 21.4. The van der Waals surface area contributed by atoms with Crippen LogP contribution in [0.3, 0.4) is 0 Å². The first-order valence-electron chi connectivity index (χ1n) is 10.8. The fourth-order valence-corrected chi connectivity index (χ4v) is 4.65. The molecular formula is C24H42O3Si2. The highest BCUT2D eigenvalue weighted by Crippen LogP contribution is 2.40. The minimum atomic E-state index is -1.83. The fraction of sp³-hybridized carbons (Fsp3) is 0.667. The number of hydrogen-bond donors (Lipinski definition) is 0. The van der Waals surface area contributed by atoms with Crippen LogP contribution in [0.25, 0.3) is 0 Å². The third kappa shape index (κ3) is 6.14. The molecule has 0 unspecified atom stereocenters. The van der Waals surface area contributed by atoms with E-state index in [4.69, 9.17) is 13.6 Å². The second-order valence-electron chi connectivity index (χ2n) is 11.3. The third-order valence-electron chi connectivity index (χ3n) is 7.03. The zero-order valence-corrected chi connectivity index (χ0v) is 22.3. The van der Waals surface area contributed by atoms with Crippen molar-refractivity contribution in [2.24, 2.45) is 0 Å². The van der Waals surface area contributed by atoms with Gasteiger partial charge in [-0.05, 0) is 53.5 Å². The summed E-state index contributed by atoms with van der Waals surface area (Å²) in [5.74, 6) is 0. The fourth-order valence-electron chi connectivity index (χ4n) is 2.69. The summed E-state index contributed by atoms with van der Waals surface area (Å²) >= 11 is 0. The van der Waals surface area contributed by atoms with Crippen molar-refractivity contribution in [3.8, 4) is 0 Å². The molecule has 1 aromatic rings. The lowest BCUT2D eigenvalue weighted by molar-refractivity contribution is 0.0205. The lowest BCUT2D eigenvalue weighted by atomic mass is 10.1. The van der Waals surface area contributed by atoms with Crippen LogP contribution in [0.1, 0.15) is 53.2 Å². The SMILES string of the molecule is CC(C)(C)[Si](C)(C)OCC1=C[C@H](c2ccccc2)O[C@H]1CO[Si](C)(C)C(C)(C)C. The predicted octanol–water partition coefficient (Wildman–Crippen LogP) is 7.10. The first-order valence-corrected chi connectivity index (χ1v) is 16.6. The second-order valence-corrected chi connectivity index (χ2v) is 20.9. The van der Waals surface area contributed by atoms with Crippen molar-refractivity contribution in [1.29, 1.82) is 0 Å². The summed E-state index contributed by atoms with van der Waals surface area (Å²) in [5, 5.41) is 0.380. The van der Waals surface area contributed by atoms with E-state index in [-0.39, 0.29) is 22.3 Å². The number of benzene rings is 1. The summed E-state index contributed by atoms with van der Waals surface area (Å²) in [7, 11) is -3.65. The van der Waals surface area contributed by atoms with Gasteiger partial charge in [0.2, 0.25) is 0 Å². The van der Waals surface area contributed by atoms with Gasteiger partial charge in [-0.25, -0.2) is 0 Å². The highest BCUT2D eigenvalue weighted by Gasteiger charge is 2.41. The van der Waals surface area contributed by atoms with Gasteiger partial charge in [0.25, 0.3) is 0 Å². The van der Waals surface area contributed by atoms with E-state index in [1.165, 1.54) is 11.1 Å². The number of rotatable bonds is 7. The van der Waals surface area contributed by atoms with Crippen LogP contribution in [0, 0.1) is 0 Å². The molecule has 0 spiro atoms. The van der Waals surface area contributed by atoms with Gasteiger partial charge < -0.3 is 13.6 Å². The molecule has 0 amide bonds. The molecule has 0 saturated carbocycles. The molecule has 0 bridgehead atoms. The van der Waals surface area contributed by atoms with Gasteiger partial charge in [-0.1, -0.05) is 71.9 Å². The van der Waals surface area contributed by atoms with E-state index < -0.39 is 16.6 Å². The molecule has 1 aromatic carbocycles. The Morgan fingerprint density at radius 1 is 0.828 bits per heavy atom. The van der Waals surface area contributed by atoms with Crippen LogP contribution in [0.15, 0.2) is 42.0 Å². The number of hydrogen-bond acceptors (Lipinski definition) is 3. The predicted molar refractivity (Wildman–Crippen MR) is 128 cm³/mol. The summed E-state index contributed by atoms with van der Waals surface area (Å²) in [4.78, 5) is 0. The monoisotopic (exact) mass is 434 g/mol. The van der Waals surface area contributed by atoms with E-state index in [9.17, 15) is 0 Å². The summed E-state index contributed by atoms with van der Waals surface area (Å²) in [5.41, 5.74) is 2.41. The van der Waals surface area contributed by atoms with Crippen molar-refractivity contribution in [2.75, 3.05) is 13.2 Å². The van der Waals surface area contributed by atoms with E-state index in [0.29, 0.717) is 13.2 Å². The standard InChI is InChI=1S/C24H42O3Si2/c1-23(2,3)28(7,8)25-17-20-16-21(19-14-12-11-13-15-19)27-22(20)18-26-29(9,10)24(4,5)6/h11-16,21-22H,17-18H2,1-10H3/t21-,22+/m1/s1.